The third kappa shape index (κ3) is 5.12. The molecule has 0 fully saturated rings. The van der Waals surface area contributed by atoms with Crippen LogP contribution < -0.4 is 0 Å². The predicted molar refractivity (Wildman–Crippen MR) is 67.3 cm³/mol. The van der Waals surface area contributed by atoms with Crippen molar-refractivity contribution in [1.82, 2.24) is 0 Å². The van der Waals surface area contributed by atoms with E-state index >= 15 is 0 Å². The molecule has 0 aliphatic heterocycles. The number of hydrogen-bond donors (Lipinski definition) is 0. The number of hydrogen-bond acceptors (Lipinski definition) is 0. The lowest BCUT2D eigenvalue weighted by Crippen LogP contribution is -2.06. The van der Waals surface area contributed by atoms with Crippen LogP contribution in [0.1, 0.15) is 16.7 Å². The fraction of sp³-hybridized carbons (Fsp3) is 0.200. The Morgan fingerprint density at radius 1 is 0.789 bits per heavy atom. The van der Waals surface area contributed by atoms with Gasteiger partial charge < -0.3 is 0 Å². The molecule has 102 valence electrons. The molecule has 2 aromatic carbocycles. The molecule has 0 saturated heterocycles. The van der Waals surface area contributed by atoms with E-state index in [9.17, 15) is 17.6 Å². The van der Waals surface area contributed by atoms with Crippen molar-refractivity contribution in [3.8, 4) is 0 Å². The van der Waals surface area contributed by atoms with Crippen LogP contribution in [0.5, 0.6) is 0 Å². The highest BCUT2D eigenvalue weighted by Gasteiger charge is 2.31. The number of alkyl halides is 3. The van der Waals surface area contributed by atoms with Gasteiger partial charge in [-0.3, -0.25) is 0 Å². The van der Waals surface area contributed by atoms with Crippen LogP contribution in [0, 0.1) is 19.7 Å². The molecule has 0 atom stereocenters. The minimum atomic E-state index is -4.22. The zero-order valence-electron chi connectivity index (χ0n) is 10.6. The first-order valence-electron chi connectivity index (χ1n) is 5.65. The van der Waals surface area contributed by atoms with Gasteiger partial charge in [0.15, 0.2) is 0 Å². The lowest BCUT2D eigenvalue weighted by atomic mass is 10.1. The van der Waals surface area contributed by atoms with Crippen molar-refractivity contribution < 1.29 is 17.6 Å². The van der Waals surface area contributed by atoms with Gasteiger partial charge >= 0.3 is 6.18 Å². The monoisotopic (exact) mass is 270 g/mol. The summed E-state index contributed by atoms with van der Waals surface area (Å²) in [6.45, 7) is 3.38. The highest BCUT2D eigenvalue weighted by atomic mass is 19.4. The second kappa shape index (κ2) is 6.36. The van der Waals surface area contributed by atoms with Gasteiger partial charge in [0.25, 0.3) is 0 Å². The summed E-state index contributed by atoms with van der Waals surface area (Å²) in [6.07, 6.45) is -4.22. The Kier molecular flexibility index (Phi) is 5.10. The molecule has 2 aromatic rings. The zero-order valence-corrected chi connectivity index (χ0v) is 10.6. The first-order chi connectivity index (χ1) is 8.80. The van der Waals surface area contributed by atoms with Gasteiger partial charge in [0, 0.05) is 0 Å². The van der Waals surface area contributed by atoms with Crippen molar-refractivity contribution in [2.45, 2.75) is 20.0 Å². The molecule has 0 saturated carbocycles. The maximum atomic E-state index is 12.1. The Balaban J connectivity index is 0.000000200. The molecule has 0 N–H and O–H groups in total. The van der Waals surface area contributed by atoms with Crippen LogP contribution in [0.3, 0.4) is 0 Å². The van der Waals surface area contributed by atoms with E-state index < -0.39 is 11.7 Å². The summed E-state index contributed by atoms with van der Waals surface area (Å²) >= 11 is 0. The second-order valence-corrected chi connectivity index (χ2v) is 4.11. The topological polar surface area (TPSA) is 0 Å². The van der Waals surface area contributed by atoms with Crippen molar-refractivity contribution >= 4 is 0 Å². The first-order valence-corrected chi connectivity index (χ1v) is 5.65. The quantitative estimate of drug-likeness (QED) is 0.581. The minimum Gasteiger partial charge on any atom is -0.207 e. The van der Waals surface area contributed by atoms with Gasteiger partial charge in [0.1, 0.15) is 5.82 Å². The molecule has 2 rings (SSSR count). The van der Waals surface area contributed by atoms with Crippen LogP contribution >= 0.6 is 0 Å². The van der Waals surface area contributed by atoms with Crippen LogP contribution in [0.4, 0.5) is 17.6 Å². The summed E-state index contributed by atoms with van der Waals surface area (Å²) in [5.74, 6) is -0.171. The van der Waals surface area contributed by atoms with Crippen LogP contribution in [0.15, 0.2) is 48.5 Å². The Morgan fingerprint density at radius 3 is 1.68 bits per heavy atom. The van der Waals surface area contributed by atoms with E-state index in [4.69, 9.17) is 0 Å². The van der Waals surface area contributed by atoms with E-state index in [1.165, 1.54) is 31.2 Å². The van der Waals surface area contributed by atoms with E-state index in [1.807, 2.05) is 6.92 Å². The van der Waals surface area contributed by atoms with E-state index in [2.05, 4.69) is 0 Å². The first kappa shape index (κ1) is 15.2. The van der Waals surface area contributed by atoms with E-state index in [0.29, 0.717) is 0 Å². The summed E-state index contributed by atoms with van der Waals surface area (Å²) in [4.78, 5) is 0. The van der Waals surface area contributed by atoms with Crippen molar-refractivity contribution in [1.29, 1.82) is 0 Å². The Morgan fingerprint density at radius 2 is 1.32 bits per heavy atom. The van der Waals surface area contributed by atoms with Crippen molar-refractivity contribution in [2.75, 3.05) is 0 Å². The highest BCUT2D eigenvalue weighted by Crippen LogP contribution is 2.31. The molecule has 0 nitrogen and oxygen atoms in total. The van der Waals surface area contributed by atoms with Crippen molar-refractivity contribution in [3.05, 3.63) is 71.0 Å². The fourth-order valence-electron chi connectivity index (χ4n) is 1.42. The maximum absolute atomic E-state index is 12.1. The summed E-state index contributed by atoms with van der Waals surface area (Å²) < 4.78 is 48.2. The van der Waals surface area contributed by atoms with E-state index in [0.717, 1.165) is 11.6 Å². The van der Waals surface area contributed by atoms with Crippen LogP contribution in [-0.2, 0) is 6.18 Å². The lowest BCUT2D eigenvalue weighted by molar-refractivity contribution is -0.138. The minimum absolute atomic E-state index is 0.171. The molecule has 19 heavy (non-hydrogen) atoms. The molecule has 0 heterocycles. The normalized spacial score (nSPS) is 10.6. The molecule has 0 amide bonds. The van der Waals surface area contributed by atoms with Crippen LogP contribution in [0.25, 0.3) is 0 Å². The molecule has 0 spiro atoms. The van der Waals surface area contributed by atoms with Gasteiger partial charge in [0.2, 0.25) is 0 Å². The molecule has 0 unspecified atom stereocenters. The predicted octanol–water partition coefficient (Wildman–Crippen LogP) is 5.15. The molecule has 0 aromatic heterocycles. The summed E-state index contributed by atoms with van der Waals surface area (Å²) in [5.41, 5.74) is 0.798. The average molecular weight is 270 g/mol. The lowest BCUT2D eigenvalue weighted by Gasteiger charge is -2.08. The summed E-state index contributed by atoms with van der Waals surface area (Å²) in [7, 11) is 0. The smallest absolute Gasteiger partial charge is 0.207 e. The van der Waals surface area contributed by atoms with Crippen molar-refractivity contribution in [3.63, 3.8) is 0 Å². The molecule has 0 radical (unpaired) electrons. The van der Waals surface area contributed by atoms with Gasteiger partial charge in [-0.2, -0.15) is 13.2 Å². The Hall–Kier alpha value is -1.84. The van der Waals surface area contributed by atoms with Crippen molar-refractivity contribution in [2.24, 2.45) is 0 Å². The van der Waals surface area contributed by atoms with Gasteiger partial charge in [-0.15, -0.1) is 0 Å². The molecular formula is C15H14F4. The highest BCUT2D eigenvalue weighted by molar-refractivity contribution is 5.27. The van der Waals surface area contributed by atoms with E-state index in [-0.39, 0.29) is 11.4 Å². The third-order valence-electron chi connectivity index (χ3n) is 2.46. The Labute approximate surface area is 109 Å². The van der Waals surface area contributed by atoms with Crippen LogP contribution in [0.2, 0.25) is 0 Å². The van der Waals surface area contributed by atoms with E-state index in [1.54, 1.807) is 18.2 Å². The number of benzene rings is 2. The number of aryl methyl sites for hydroxylation is 2. The van der Waals surface area contributed by atoms with Gasteiger partial charge in [-0.25, -0.2) is 4.39 Å². The number of halogens is 4. The standard InChI is InChI=1S/C8H7F3.C7H7F/c1-6-4-2-3-5-7(6)8(9,10)11;1-6-2-4-7(8)5-3-6/h2-5H,1H3;2-5H,1H3. The fourth-order valence-corrected chi connectivity index (χ4v) is 1.42. The number of rotatable bonds is 0. The Bertz CT molecular complexity index is 491. The molecule has 4 heteroatoms. The molecule has 0 aliphatic carbocycles. The molecule has 0 aliphatic rings. The molecule has 0 bridgehead atoms. The molecular weight excluding hydrogens is 256 g/mol. The van der Waals surface area contributed by atoms with Gasteiger partial charge in [0.05, 0.1) is 5.56 Å². The largest absolute Gasteiger partial charge is 0.416 e. The van der Waals surface area contributed by atoms with Gasteiger partial charge in [-0.1, -0.05) is 35.9 Å². The average Bonchev–Trinajstić information content (AvgIpc) is 2.33. The second-order valence-electron chi connectivity index (χ2n) is 4.11. The third-order valence-corrected chi connectivity index (χ3v) is 2.46. The SMILES string of the molecule is Cc1ccc(F)cc1.Cc1ccccc1C(F)(F)F. The summed E-state index contributed by atoms with van der Waals surface area (Å²) in [6, 6.07) is 11.9. The van der Waals surface area contributed by atoms with Gasteiger partial charge in [-0.05, 0) is 37.6 Å². The van der Waals surface area contributed by atoms with Crippen LogP contribution in [-0.4, -0.2) is 0 Å². The maximum Gasteiger partial charge on any atom is 0.416 e. The summed E-state index contributed by atoms with van der Waals surface area (Å²) in [5, 5.41) is 0. The zero-order chi connectivity index (χ0) is 14.5.